The fraction of sp³-hybridized carbons (Fsp3) is 0.100. The molecule has 0 saturated carbocycles. The third-order valence-corrected chi connectivity index (χ3v) is 4.37. The van der Waals surface area contributed by atoms with Gasteiger partial charge in [0.05, 0.1) is 31.0 Å². The number of nitrogens with zero attached hydrogens (tertiary/aromatic N) is 1. The highest BCUT2D eigenvalue weighted by atomic mass is 32.1. The molecular formula is C20H16N2O5S. The first-order chi connectivity index (χ1) is 13.4. The molecular weight excluding hydrogens is 380 g/mol. The van der Waals surface area contributed by atoms with E-state index in [9.17, 15) is 14.4 Å². The summed E-state index contributed by atoms with van der Waals surface area (Å²) in [5.41, 5.74) is 0.441. The Morgan fingerprint density at radius 2 is 1.64 bits per heavy atom. The molecule has 0 aliphatic carbocycles. The molecule has 0 fully saturated rings. The smallest absolute Gasteiger partial charge is 0.337 e. The molecule has 0 bridgehead atoms. The largest absolute Gasteiger partial charge is 0.497 e. The molecule has 0 saturated heterocycles. The Hall–Kier alpha value is -3.52. The van der Waals surface area contributed by atoms with Gasteiger partial charge in [0, 0.05) is 6.07 Å². The van der Waals surface area contributed by atoms with Crippen molar-refractivity contribution in [2.75, 3.05) is 14.2 Å². The number of methoxy groups -OCH3 is 2. The normalized spacial score (nSPS) is 10.4. The van der Waals surface area contributed by atoms with Crippen LogP contribution < -0.4 is 15.9 Å². The fourth-order valence-electron chi connectivity index (χ4n) is 2.68. The van der Waals surface area contributed by atoms with E-state index in [1.807, 2.05) is 0 Å². The van der Waals surface area contributed by atoms with E-state index in [2.05, 4.69) is 9.72 Å². The number of H-pyrrole nitrogens is 1. The molecule has 7 nitrogen and oxygen atoms in total. The van der Waals surface area contributed by atoms with Crippen molar-refractivity contribution in [3.05, 3.63) is 85.6 Å². The van der Waals surface area contributed by atoms with Gasteiger partial charge >= 0.3 is 5.97 Å². The number of rotatable bonds is 4. The first kappa shape index (κ1) is 19.2. The first-order valence-corrected chi connectivity index (χ1v) is 8.59. The lowest BCUT2D eigenvalue weighted by Crippen LogP contribution is -2.18. The molecule has 0 aliphatic rings. The van der Waals surface area contributed by atoms with E-state index in [1.165, 1.54) is 37.0 Å². The number of aromatic amines is 1. The third-order valence-electron chi connectivity index (χ3n) is 4.09. The Balaban J connectivity index is 2.23. The molecule has 3 rings (SSSR count). The predicted octanol–water partition coefficient (Wildman–Crippen LogP) is 2.72. The van der Waals surface area contributed by atoms with E-state index in [0.717, 1.165) is 0 Å². The molecule has 3 aromatic rings. The zero-order valence-corrected chi connectivity index (χ0v) is 15.9. The van der Waals surface area contributed by atoms with Gasteiger partial charge in [-0.1, -0.05) is 12.1 Å². The lowest BCUT2D eigenvalue weighted by Gasteiger charge is -2.06. The van der Waals surface area contributed by atoms with Crippen molar-refractivity contribution in [3.63, 3.8) is 0 Å². The van der Waals surface area contributed by atoms with Crippen LogP contribution >= 0.6 is 12.2 Å². The number of aromatic nitrogens is 2. The predicted molar refractivity (Wildman–Crippen MR) is 107 cm³/mol. The van der Waals surface area contributed by atoms with Crippen molar-refractivity contribution in [1.82, 2.24) is 9.55 Å². The van der Waals surface area contributed by atoms with Gasteiger partial charge in [-0.15, -0.1) is 0 Å². The molecule has 28 heavy (non-hydrogen) atoms. The number of carbonyl (C=O) groups excluding carboxylic acids is 1. The van der Waals surface area contributed by atoms with Gasteiger partial charge in [0.1, 0.15) is 5.75 Å². The molecule has 2 aromatic carbocycles. The minimum Gasteiger partial charge on any atom is -0.497 e. The average Bonchev–Trinajstić information content (AvgIpc) is 2.82. The molecule has 0 radical (unpaired) electrons. The number of hydrogen-bond acceptors (Lipinski definition) is 6. The summed E-state index contributed by atoms with van der Waals surface area (Å²) >= 11 is 5.23. The fourth-order valence-corrected chi connectivity index (χ4v) is 2.97. The van der Waals surface area contributed by atoms with E-state index in [1.54, 1.807) is 36.4 Å². The van der Waals surface area contributed by atoms with Gasteiger partial charge in [0.2, 0.25) is 0 Å². The van der Waals surface area contributed by atoms with E-state index in [4.69, 9.17) is 17.0 Å². The Labute approximate surface area is 164 Å². The number of ether oxygens (including phenoxy) is 2. The van der Waals surface area contributed by atoms with Crippen molar-refractivity contribution in [3.8, 4) is 22.6 Å². The molecule has 0 spiro atoms. The number of esters is 1. The van der Waals surface area contributed by atoms with Crippen molar-refractivity contribution in [2.24, 2.45) is 0 Å². The highest BCUT2D eigenvalue weighted by molar-refractivity contribution is 7.71. The summed E-state index contributed by atoms with van der Waals surface area (Å²) in [5.74, 6) is 0.127. The molecule has 8 heteroatoms. The highest BCUT2D eigenvalue weighted by Gasteiger charge is 2.11. The van der Waals surface area contributed by atoms with Gasteiger partial charge in [0.25, 0.3) is 11.1 Å². The Morgan fingerprint density at radius 1 is 1.00 bits per heavy atom. The second kappa shape index (κ2) is 8.01. The topological polar surface area (TPSA) is 90.4 Å². The van der Waals surface area contributed by atoms with Gasteiger partial charge in [-0.05, 0) is 54.2 Å². The second-order valence-electron chi connectivity index (χ2n) is 5.76. The minimum absolute atomic E-state index is 0.0300. The zero-order valence-electron chi connectivity index (χ0n) is 15.1. The zero-order chi connectivity index (χ0) is 20.3. The number of carbonyl (C=O) groups is 1. The molecule has 0 amide bonds. The SMILES string of the molecule is COC(=O)c1ccc(-c2cc(=O)[nH]c(=S)n(-c3ccc(OC)cc3)c2=O)cc1. The van der Waals surface area contributed by atoms with Gasteiger partial charge in [0.15, 0.2) is 4.77 Å². The third kappa shape index (κ3) is 3.77. The van der Waals surface area contributed by atoms with Crippen LogP contribution in [0.1, 0.15) is 10.4 Å². The van der Waals surface area contributed by atoms with Crippen LogP contribution in [0.15, 0.2) is 64.2 Å². The summed E-state index contributed by atoms with van der Waals surface area (Å²) in [6, 6.07) is 14.1. The maximum absolute atomic E-state index is 13.2. The van der Waals surface area contributed by atoms with Crippen LogP contribution in [0.25, 0.3) is 16.8 Å². The molecule has 1 aromatic heterocycles. The van der Waals surface area contributed by atoms with Gasteiger partial charge in [-0.25, -0.2) is 4.79 Å². The van der Waals surface area contributed by atoms with Crippen LogP contribution in [0.3, 0.4) is 0 Å². The van der Waals surface area contributed by atoms with E-state index in [-0.39, 0.29) is 10.3 Å². The summed E-state index contributed by atoms with van der Waals surface area (Å²) in [4.78, 5) is 39.5. The monoisotopic (exact) mass is 396 g/mol. The molecule has 0 aliphatic heterocycles. The van der Waals surface area contributed by atoms with Gasteiger partial charge < -0.3 is 9.47 Å². The van der Waals surface area contributed by atoms with Gasteiger partial charge in [-0.3, -0.25) is 19.1 Å². The van der Waals surface area contributed by atoms with Crippen LogP contribution in [0, 0.1) is 4.77 Å². The van der Waals surface area contributed by atoms with Crippen LogP contribution in [-0.2, 0) is 4.74 Å². The van der Waals surface area contributed by atoms with Crippen molar-refractivity contribution in [2.45, 2.75) is 0 Å². The van der Waals surface area contributed by atoms with Crippen molar-refractivity contribution >= 4 is 18.2 Å². The molecule has 142 valence electrons. The van der Waals surface area contributed by atoms with Gasteiger partial charge in [-0.2, -0.15) is 0 Å². The summed E-state index contributed by atoms with van der Waals surface area (Å²) in [7, 11) is 2.82. The Kier molecular flexibility index (Phi) is 5.51. The maximum Gasteiger partial charge on any atom is 0.337 e. The summed E-state index contributed by atoms with van der Waals surface area (Å²) in [6.07, 6.45) is 0. The standard InChI is InChI=1S/C20H16N2O5S/c1-26-15-9-7-14(8-10-15)22-18(24)16(11-17(23)21-20(22)28)12-3-5-13(6-4-12)19(25)27-2/h3-11H,1-2H3,(H,21,23,28). The van der Waals surface area contributed by atoms with E-state index in [0.29, 0.717) is 22.6 Å². The molecule has 1 N–H and O–H groups in total. The summed E-state index contributed by atoms with van der Waals surface area (Å²) < 4.78 is 11.0. The molecule has 1 heterocycles. The molecule has 0 atom stereocenters. The Morgan fingerprint density at radius 3 is 2.21 bits per heavy atom. The van der Waals surface area contributed by atoms with Crippen LogP contribution in [-0.4, -0.2) is 29.7 Å². The van der Waals surface area contributed by atoms with E-state index < -0.39 is 17.1 Å². The molecule has 0 unspecified atom stereocenters. The number of hydrogen-bond donors (Lipinski definition) is 1. The lowest BCUT2D eigenvalue weighted by atomic mass is 10.1. The van der Waals surface area contributed by atoms with Crippen molar-refractivity contribution in [1.29, 1.82) is 0 Å². The van der Waals surface area contributed by atoms with Crippen LogP contribution in [0.4, 0.5) is 0 Å². The number of benzene rings is 2. The average molecular weight is 396 g/mol. The van der Waals surface area contributed by atoms with E-state index >= 15 is 0 Å². The highest BCUT2D eigenvalue weighted by Crippen LogP contribution is 2.17. The quantitative estimate of drug-likeness (QED) is 0.539. The maximum atomic E-state index is 13.2. The first-order valence-electron chi connectivity index (χ1n) is 8.18. The lowest BCUT2D eigenvalue weighted by molar-refractivity contribution is 0.0601. The second-order valence-corrected chi connectivity index (χ2v) is 6.15. The minimum atomic E-state index is -0.513. The summed E-state index contributed by atoms with van der Waals surface area (Å²) in [6.45, 7) is 0. The van der Waals surface area contributed by atoms with Crippen LogP contribution in [0.5, 0.6) is 5.75 Å². The van der Waals surface area contributed by atoms with Crippen molar-refractivity contribution < 1.29 is 14.3 Å². The Bertz CT molecular complexity index is 1200. The summed E-state index contributed by atoms with van der Waals surface area (Å²) in [5, 5.41) is 0. The number of nitrogens with one attached hydrogen (secondary N) is 1. The van der Waals surface area contributed by atoms with Crippen LogP contribution in [0.2, 0.25) is 0 Å².